The SMILES string of the molecule is COc1cc2nc(C3CCC(C(C)=O)CC3)sc2cc1NC(=O)c1cccc(C(C)(F)F)n1. The molecule has 2 aromatic heterocycles. The average molecular weight is 474 g/mol. The van der Waals surface area contributed by atoms with E-state index in [1.807, 2.05) is 0 Å². The molecule has 1 saturated carbocycles. The molecule has 0 saturated heterocycles. The molecule has 1 N–H and O–H groups in total. The Morgan fingerprint density at radius 1 is 1.15 bits per heavy atom. The fourth-order valence-electron chi connectivity index (χ4n) is 4.15. The van der Waals surface area contributed by atoms with Crippen molar-refractivity contribution in [2.24, 2.45) is 5.92 Å². The van der Waals surface area contributed by atoms with E-state index in [2.05, 4.69) is 10.3 Å². The van der Waals surface area contributed by atoms with Gasteiger partial charge in [0.1, 0.15) is 22.9 Å². The number of carbonyl (C=O) groups excluding carboxylic acids is 2. The summed E-state index contributed by atoms with van der Waals surface area (Å²) in [7, 11) is 1.49. The summed E-state index contributed by atoms with van der Waals surface area (Å²) in [6.45, 7) is 2.40. The number of nitrogens with zero attached hydrogens (tertiary/aromatic N) is 2. The van der Waals surface area contributed by atoms with E-state index in [0.717, 1.165) is 47.8 Å². The highest BCUT2D eigenvalue weighted by Crippen LogP contribution is 2.41. The van der Waals surface area contributed by atoms with Crippen LogP contribution < -0.4 is 10.1 Å². The molecule has 1 aromatic carbocycles. The fourth-order valence-corrected chi connectivity index (χ4v) is 5.31. The Bertz CT molecular complexity index is 1200. The van der Waals surface area contributed by atoms with Crippen LogP contribution in [0, 0.1) is 5.92 Å². The van der Waals surface area contributed by atoms with E-state index in [1.165, 1.54) is 25.3 Å². The smallest absolute Gasteiger partial charge is 0.287 e. The molecule has 3 aromatic rings. The van der Waals surface area contributed by atoms with Gasteiger partial charge in [-0.15, -0.1) is 11.3 Å². The number of halogens is 2. The van der Waals surface area contributed by atoms with Crippen LogP contribution in [0.5, 0.6) is 5.75 Å². The van der Waals surface area contributed by atoms with Crippen LogP contribution in [0.4, 0.5) is 14.5 Å². The van der Waals surface area contributed by atoms with Gasteiger partial charge < -0.3 is 10.1 Å². The minimum Gasteiger partial charge on any atom is -0.494 e. The summed E-state index contributed by atoms with van der Waals surface area (Å²) >= 11 is 1.56. The number of Topliss-reactive ketones (excluding diaryl/α,β-unsaturated/α-hetero) is 1. The Kier molecular flexibility index (Phi) is 6.43. The number of aromatic nitrogens is 2. The Balaban J connectivity index is 1.57. The number of ether oxygens (including phenoxy) is 1. The average Bonchev–Trinajstić information content (AvgIpc) is 3.21. The van der Waals surface area contributed by atoms with Crippen molar-refractivity contribution in [1.29, 1.82) is 0 Å². The van der Waals surface area contributed by atoms with Crippen LogP contribution in [0.2, 0.25) is 0 Å². The molecular weight excluding hydrogens is 448 g/mol. The summed E-state index contributed by atoms with van der Waals surface area (Å²) < 4.78 is 33.5. The first-order valence-corrected chi connectivity index (χ1v) is 11.6. The van der Waals surface area contributed by atoms with Crippen molar-refractivity contribution in [3.05, 3.63) is 46.7 Å². The topological polar surface area (TPSA) is 81.2 Å². The van der Waals surface area contributed by atoms with E-state index >= 15 is 0 Å². The normalized spacial score (nSPS) is 18.8. The van der Waals surface area contributed by atoms with Crippen molar-refractivity contribution in [2.45, 2.75) is 51.4 Å². The van der Waals surface area contributed by atoms with E-state index in [1.54, 1.807) is 30.4 Å². The molecule has 4 rings (SSSR count). The third-order valence-corrected chi connectivity index (χ3v) is 7.24. The number of amides is 1. The predicted molar refractivity (Wildman–Crippen MR) is 123 cm³/mol. The summed E-state index contributed by atoms with van der Waals surface area (Å²) in [5.41, 5.74) is 0.609. The Labute approximate surface area is 194 Å². The molecule has 33 heavy (non-hydrogen) atoms. The lowest BCUT2D eigenvalue weighted by molar-refractivity contribution is -0.121. The third-order valence-electron chi connectivity index (χ3n) is 6.06. The molecule has 174 valence electrons. The van der Waals surface area contributed by atoms with Crippen molar-refractivity contribution >= 4 is 38.9 Å². The van der Waals surface area contributed by atoms with Gasteiger partial charge in [-0.05, 0) is 50.8 Å². The molecule has 0 unspecified atom stereocenters. The van der Waals surface area contributed by atoms with Crippen LogP contribution in [-0.2, 0) is 10.7 Å². The molecule has 1 amide bonds. The summed E-state index contributed by atoms with van der Waals surface area (Å²) in [6, 6.07) is 7.50. The number of rotatable bonds is 6. The molecular formula is C24H25F2N3O3S. The Morgan fingerprint density at radius 3 is 2.52 bits per heavy atom. The molecule has 1 aliphatic carbocycles. The molecule has 0 spiro atoms. The number of benzene rings is 1. The van der Waals surface area contributed by atoms with Crippen LogP contribution in [-0.4, -0.2) is 28.8 Å². The van der Waals surface area contributed by atoms with Gasteiger partial charge in [-0.3, -0.25) is 9.59 Å². The lowest BCUT2D eigenvalue weighted by Gasteiger charge is -2.25. The van der Waals surface area contributed by atoms with Crippen LogP contribution in [0.25, 0.3) is 10.2 Å². The van der Waals surface area contributed by atoms with Crippen LogP contribution >= 0.6 is 11.3 Å². The first-order chi connectivity index (χ1) is 15.7. The van der Waals surface area contributed by atoms with Gasteiger partial charge in [-0.2, -0.15) is 8.78 Å². The van der Waals surface area contributed by atoms with Gasteiger partial charge in [-0.25, -0.2) is 9.97 Å². The predicted octanol–water partition coefficient (Wildman–Crippen LogP) is 5.93. The molecule has 6 nitrogen and oxygen atoms in total. The molecule has 0 aliphatic heterocycles. The monoisotopic (exact) mass is 473 g/mol. The second-order valence-corrected chi connectivity index (χ2v) is 9.54. The maximum Gasteiger partial charge on any atom is 0.287 e. The van der Waals surface area contributed by atoms with E-state index in [4.69, 9.17) is 9.72 Å². The Morgan fingerprint density at radius 2 is 1.88 bits per heavy atom. The number of hydrogen-bond donors (Lipinski definition) is 1. The molecule has 1 fully saturated rings. The van der Waals surface area contributed by atoms with Gasteiger partial charge in [-0.1, -0.05) is 6.07 Å². The quantitative estimate of drug-likeness (QED) is 0.480. The van der Waals surface area contributed by atoms with Gasteiger partial charge >= 0.3 is 0 Å². The number of anilines is 1. The van der Waals surface area contributed by atoms with Crippen LogP contribution in [0.15, 0.2) is 30.3 Å². The number of ketones is 1. The first-order valence-electron chi connectivity index (χ1n) is 10.8. The number of pyridine rings is 1. The lowest BCUT2D eigenvalue weighted by Crippen LogP contribution is -2.18. The van der Waals surface area contributed by atoms with Crippen molar-refractivity contribution in [3.8, 4) is 5.75 Å². The zero-order valence-corrected chi connectivity index (χ0v) is 19.5. The summed E-state index contributed by atoms with van der Waals surface area (Å²) in [5.74, 6) is -2.61. The molecule has 0 radical (unpaired) electrons. The van der Waals surface area contributed by atoms with E-state index < -0.39 is 17.5 Å². The highest BCUT2D eigenvalue weighted by atomic mass is 32.1. The van der Waals surface area contributed by atoms with Crippen LogP contribution in [0.3, 0.4) is 0 Å². The molecule has 2 heterocycles. The summed E-state index contributed by atoms with van der Waals surface area (Å²) in [5, 5.41) is 3.74. The maximum absolute atomic E-state index is 13.6. The number of hydrogen-bond acceptors (Lipinski definition) is 6. The van der Waals surface area contributed by atoms with Crippen molar-refractivity contribution in [3.63, 3.8) is 0 Å². The standard InChI is InChI=1S/C24H25F2N3O3S/c1-13(30)14-7-9-15(10-8-14)23-29-18-11-19(32-3)17(12-20(18)33-23)28-22(31)16-5-4-6-21(27-16)24(2,25)26/h4-6,11-12,14-15H,7-10H2,1-3H3,(H,28,31). The maximum atomic E-state index is 13.6. The number of alkyl halides is 2. The summed E-state index contributed by atoms with van der Waals surface area (Å²) in [4.78, 5) is 33.0. The number of fused-ring (bicyclic) bond motifs is 1. The van der Waals surface area contributed by atoms with Crippen molar-refractivity contribution < 1.29 is 23.1 Å². The highest BCUT2D eigenvalue weighted by Gasteiger charge is 2.28. The van der Waals surface area contributed by atoms with Gasteiger partial charge in [0, 0.05) is 24.8 Å². The summed E-state index contributed by atoms with van der Waals surface area (Å²) in [6.07, 6.45) is 3.61. The van der Waals surface area contributed by atoms with E-state index in [9.17, 15) is 18.4 Å². The van der Waals surface area contributed by atoms with Gasteiger partial charge in [0.25, 0.3) is 11.8 Å². The molecule has 1 aliphatic rings. The van der Waals surface area contributed by atoms with E-state index in [-0.39, 0.29) is 17.4 Å². The molecule has 0 bridgehead atoms. The highest BCUT2D eigenvalue weighted by molar-refractivity contribution is 7.18. The minimum absolute atomic E-state index is 0.108. The second kappa shape index (κ2) is 9.13. The van der Waals surface area contributed by atoms with E-state index in [0.29, 0.717) is 17.4 Å². The number of methoxy groups -OCH3 is 1. The minimum atomic E-state index is -3.14. The second-order valence-electron chi connectivity index (χ2n) is 8.48. The van der Waals surface area contributed by atoms with Gasteiger partial charge in [0.05, 0.1) is 28.0 Å². The fraction of sp³-hybridized carbons (Fsp3) is 0.417. The zero-order chi connectivity index (χ0) is 23.8. The van der Waals surface area contributed by atoms with Crippen LogP contribution in [0.1, 0.15) is 66.6 Å². The molecule has 0 atom stereocenters. The number of nitrogens with one attached hydrogen (secondary N) is 1. The molecule has 9 heteroatoms. The van der Waals surface area contributed by atoms with Gasteiger partial charge in [0.15, 0.2) is 0 Å². The largest absolute Gasteiger partial charge is 0.494 e. The van der Waals surface area contributed by atoms with Crippen molar-refractivity contribution in [2.75, 3.05) is 12.4 Å². The van der Waals surface area contributed by atoms with Gasteiger partial charge in [0.2, 0.25) is 0 Å². The lowest BCUT2D eigenvalue weighted by atomic mass is 9.80. The first kappa shape index (κ1) is 23.2. The van der Waals surface area contributed by atoms with Crippen molar-refractivity contribution in [1.82, 2.24) is 9.97 Å². The zero-order valence-electron chi connectivity index (χ0n) is 18.7. The Hall–Kier alpha value is -2.94. The number of thiazole rings is 1. The number of carbonyl (C=O) groups is 2. The third kappa shape index (κ3) is 5.03.